The lowest BCUT2D eigenvalue weighted by atomic mass is 10.1. The molecule has 7 heteroatoms. The summed E-state index contributed by atoms with van der Waals surface area (Å²) >= 11 is 7.08. The van der Waals surface area contributed by atoms with Crippen LogP contribution in [0.5, 0.6) is 0 Å². The number of benzene rings is 1. The first kappa shape index (κ1) is 15.9. The summed E-state index contributed by atoms with van der Waals surface area (Å²) in [6, 6.07) is 7.60. The fraction of sp³-hybridized carbons (Fsp3) is 0.357. The van der Waals surface area contributed by atoms with Crippen LogP contribution in [0.2, 0.25) is 5.02 Å². The van der Waals surface area contributed by atoms with E-state index in [0.717, 1.165) is 24.4 Å². The second-order valence-electron chi connectivity index (χ2n) is 4.54. The van der Waals surface area contributed by atoms with Gasteiger partial charge in [0, 0.05) is 18.0 Å². The van der Waals surface area contributed by atoms with Crippen LogP contribution in [0.3, 0.4) is 0 Å². The van der Waals surface area contributed by atoms with Crippen molar-refractivity contribution >= 4 is 29.3 Å². The van der Waals surface area contributed by atoms with E-state index in [0.29, 0.717) is 16.6 Å². The van der Waals surface area contributed by atoms with Crippen molar-refractivity contribution in [3.05, 3.63) is 40.7 Å². The minimum absolute atomic E-state index is 0.0111. The summed E-state index contributed by atoms with van der Waals surface area (Å²) in [4.78, 5) is 10.7. The third kappa shape index (κ3) is 4.47. The molecule has 5 nitrogen and oxygen atoms in total. The average molecular weight is 326 g/mol. The van der Waals surface area contributed by atoms with Crippen LogP contribution in [0.1, 0.15) is 24.7 Å². The van der Waals surface area contributed by atoms with Gasteiger partial charge in [-0.05, 0) is 24.1 Å². The lowest BCUT2D eigenvalue weighted by molar-refractivity contribution is -0.133. The highest BCUT2D eigenvalue weighted by molar-refractivity contribution is 7.99. The topological polar surface area (TPSA) is 68.0 Å². The van der Waals surface area contributed by atoms with Gasteiger partial charge in [0.05, 0.1) is 5.75 Å². The summed E-state index contributed by atoms with van der Waals surface area (Å²) < 4.78 is 1.99. The molecule has 0 atom stereocenters. The Morgan fingerprint density at radius 1 is 1.33 bits per heavy atom. The number of hydrogen-bond donors (Lipinski definition) is 1. The number of carboxylic acids is 1. The van der Waals surface area contributed by atoms with Crippen molar-refractivity contribution in [2.45, 2.75) is 31.5 Å². The maximum atomic E-state index is 10.7. The fourth-order valence-corrected chi connectivity index (χ4v) is 2.75. The predicted octanol–water partition coefficient (Wildman–Crippen LogP) is 3.11. The Labute approximate surface area is 132 Å². The molecule has 0 spiro atoms. The Hall–Kier alpha value is -1.53. The highest BCUT2D eigenvalue weighted by atomic mass is 35.5. The number of nitrogens with zero attached hydrogens (tertiary/aromatic N) is 3. The largest absolute Gasteiger partial charge is 0.481 e. The highest BCUT2D eigenvalue weighted by Crippen LogP contribution is 2.20. The molecule has 0 bridgehead atoms. The molecule has 112 valence electrons. The zero-order valence-corrected chi connectivity index (χ0v) is 13.2. The summed E-state index contributed by atoms with van der Waals surface area (Å²) in [6.45, 7) is 2.84. The van der Waals surface area contributed by atoms with Crippen LogP contribution in [-0.4, -0.2) is 31.6 Å². The summed E-state index contributed by atoms with van der Waals surface area (Å²) in [5.41, 5.74) is 1.10. The van der Waals surface area contributed by atoms with Crippen LogP contribution in [0.4, 0.5) is 0 Å². The molecule has 1 aromatic heterocycles. The van der Waals surface area contributed by atoms with E-state index in [9.17, 15) is 4.79 Å². The molecule has 0 aliphatic carbocycles. The minimum Gasteiger partial charge on any atom is -0.481 e. The van der Waals surface area contributed by atoms with Crippen LogP contribution in [-0.2, 0) is 17.8 Å². The zero-order chi connectivity index (χ0) is 15.2. The molecule has 0 amide bonds. The van der Waals surface area contributed by atoms with Gasteiger partial charge in [-0.25, -0.2) is 0 Å². The molecular formula is C14H16ClN3O2S. The second kappa shape index (κ2) is 7.47. The predicted molar refractivity (Wildman–Crippen MR) is 82.9 cm³/mol. The Morgan fingerprint density at radius 2 is 2.05 bits per heavy atom. The van der Waals surface area contributed by atoms with E-state index >= 15 is 0 Å². The summed E-state index contributed by atoms with van der Waals surface area (Å²) in [7, 11) is 0. The molecular weight excluding hydrogens is 310 g/mol. The first-order chi connectivity index (χ1) is 10.1. The van der Waals surface area contributed by atoms with Gasteiger partial charge in [-0.2, -0.15) is 0 Å². The lowest BCUT2D eigenvalue weighted by Gasteiger charge is -2.08. The standard InChI is InChI=1S/C14H16ClN3O2S/c1-2-7-18-12(8-10-3-5-11(15)6-4-10)16-17-14(18)21-9-13(19)20/h3-6H,2,7-9H2,1H3,(H,19,20). The average Bonchev–Trinajstić information content (AvgIpc) is 2.82. The summed E-state index contributed by atoms with van der Waals surface area (Å²) in [5.74, 6) is -0.0275. The van der Waals surface area contributed by atoms with E-state index in [1.807, 2.05) is 28.8 Å². The molecule has 0 aliphatic rings. The molecule has 0 aliphatic heterocycles. The van der Waals surface area contributed by atoms with Gasteiger partial charge in [0.15, 0.2) is 5.16 Å². The Balaban J connectivity index is 2.18. The first-order valence-corrected chi connectivity index (χ1v) is 7.97. The Morgan fingerprint density at radius 3 is 2.67 bits per heavy atom. The molecule has 0 unspecified atom stereocenters. The number of halogens is 1. The van der Waals surface area contributed by atoms with Crippen LogP contribution in [0.25, 0.3) is 0 Å². The minimum atomic E-state index is -0.856. The molecule has 0 saturated heterocycles. The van der Waals surface area contributed by atoms with Crippen molar-refractivity contribution in [2.24, 2.45) is 0 Å². The molecule has 2 rings (SSSR count). The molecule has 0 radical (unpaired) electrons. The van der Waals surface area contributed by atoms with Crippen LogP contribution in [0.15, 0.2) is 29.4 Å². The van der Waals surface area contributed by atoms with E-state index in [4.69, 9.17) is 16.7 Å². The van der Waals surface area contributed by atoms with Gasteiger partial charge >= 0.3 is 5.97 Å². The Kier molecular flexibility index (Phi) is 5.64. The third-order valence-corrected chi connectivity index (χ3v) is 4.04. The van der Waals surface area contributed by atoms with Crippen molar-refractivity contribution in [2.75, 3.05) is 5.75 Å². The fourth-order valence-electron chi connectivity index (χ4n) is 1.92. The third-order valence-electron chi connectivity index (χ3n) is 2.84. The molecule has 2 aromatic rings. The number of rotatable bonds is 7. The van der Waals surface area contributed by atoms with Crippen molar-refractivity contribution in [1.82, 2.24) is 14.8 Å². The molecule has 21 heavy (non-hydrogen) atoms. The van der Waals surface area contributed by atoms with E-state index < -0.39 is 5.97 Å². The van der Waals surface area contributed by atoms with E-state index in [-0.39, 0.29) is 5.75 Å². The smallest absolute Gasteiger partial charge is 0.313 e. The van der Waals surface area contributed by atoms with Crippen LogP contribution in [0, 0.1) is 0 Å². The number of aliphatic carboxylic acids is 1. The maximum Gasteiger partial charge on any atom is 0.313 e. The van der Waals surface area contributed by atoms with Crippen molar-refractivity contribution in [1.29, 1.82) is 0 Å². The molecule has 1 N–H and O–H groups in total. The SMILES string of the molecule is CCCn1c(Cc2ccc(Cl)cc2)nnc1SCC(=O)O. The van der Waals surface area contributed by atoms with Gasteiger partial charge in [-0.15, -0.1) is 10.2 Å². The van der Waals surface area contributed by atoms with E-state index in [1.165, 1.54) is 11.8 Å². The summed E-state index contributed by atoms with van der Waals surface area (Å²) in [6.07, 6.45) is 1.59. The van der Waals surface area contributed by atoms with Crippen LogP contribution < -0.4 is 0 Å². The van der Waals surface area contributed by atoms with Crippen molar-refractivity contribution in [3.8, 4) is 0 Å². The molecule has 0 saturated carbocycles. The number of carboxylic acid groups (broad SMARTS) is 1. The molecule has 0 fully saturated rings. The zero-order valence-electron chi connectivity index (χ0n) is 11.6. The highest BCUT2D eigenvalue weighted by Gasteiger charge is 2.13. The second-order valence-corrected chi connectivity index (χ2v) is 5.92. The van der Waals surface area contributed by atoms with Gasteiger partial charge in [-0.1, -0.05) is 42.4 Å². The number of aromatic nitrogens is 3. The lowest BCUT2D eigenvalue weighted by Crippen LogP contribution is -2.07. The summed E-state index contributed by atoms with van der Waals surface area (Å²) in [5, 5.41) is 18.4. The normalized spacial score (nSPS) is 10.8. The molecule has 1 heterocycles. The quantitative estimate of drug-likeness (QED) is 0.792. The Bertz CT molecular complexity index is 613. The number of carbonyl (C=O) groups is 1. The maximum absolute atomic E-state index is 10.7. The van der Waals surface area contributed by atoms with Gasteiger partial charge < -0.3 is 9.67 Å². The monoisotopic (exact) mass is 325 g/mol. The number of hydrogen-bond acceptors (Lipinski definition) is 4. The van der Waals surface area contributed by atoms with Crippen molar-refractivity contribution < 1.29 is 9.90 Å². The van der Waals surface area contributed by atoms with Gasteiger partial charge in [0.25, 0.3) is 0 Å². The van der Waals surface area contributed by atoms with Gasteiger partial charge in [0.1, 0.15) is 5.82 Å². The van der Waals surface area contributed by atoms with Crippen LogP contribution >= 0.6 is 23.4 Å². The molecule has 1 aromatic carbocycles. The van der Waals surface area contributed by atoms with Gasteiger partial charge in [0.2, 0.25) is 0 Å². The van der Waals surface area contributed by atoms with Gasteiger partial charge in [-0.3, -0.25) is 4.79 Å². The first-order valence-electron chi connectivity index (χ1n) is 6.61. The van der Waals surface area contributed by atoms with Crippen molar-refractivity contribution in [3.63, 3.8) is 0 Å². The van der Waals surface area contributed by atoms with E-state index in [2.05, 4.69) is 17.1 Å². The van der Waals surface area contributed by atoms with E-state index in [1.54, 1.807) is 0 Å². The number of thioether (sulfide) groups is 1.